The molecule has 0 saturated carbocycles. The molecular weight excluding hydrogens is 332 g/mol. The third-order valence-corrected chi connectivity index (χ3v) is 3.81. The number of ether oxygens (including phenoxy) is 1. The second kappa shape index (κ2) is 7.47. The van der Waals surface area contributed by atoms with E-state index in [1.807, 2.05) is 12.3 Å². The van der Waals surface area contributed by atoms with Gasteiger partial charge in [-0.3, -0.25) is 4.79 Å². The molecule has 116 valence electrons. The minimum Gasteiger partial charge on any atom is -0.435 e. The van der Waals surface area contributed by atoms with E-state index in [0.29, 0.717) is 16.3 Å². The summed E-state index contributed by atoms with van der Waals surface area (Å²) in [5, 5.41) is 3.00. The van der Waals surface area contributed by atoms with Gasteiger partial charge in [0, 0.05) is 10.6 Å². The third kappa shape index (κ3) is 4.35. The number of carbonyl (C=O) groups excluding carboxylic acids is 1. The SMILES string of the molecule is CSc1ccc(Cl)c(C(=O)Nc2ccc(OC(F)F)cc2)c1. The number of halogens is 3. The minimum absolute atomic E-state index is 0.0235. The van der Waals surface area contributed by atoms with Crippen LogP contribution in [0.25, 0.3) is 0 Å². The van der Waals surface area contributed by atoms with Crippen LogP contribution < -0.4 is 10.1 Å². The van der Waals surface area contributed by atoms with E-state index in [1.165, 1.54) is 36.0 Å². The molecule has 0 spiro atoms. The molecule has 0 unspecified atom stereocenters. The number of amides is 1. The molecule has 1 N–H and O–H groups in total. The molecule has 0 aliphatic heterocycles. The lowest BCUT2D eigenvalue weighted by Crippen LogP contribution is -2.12. The Bertz CT molecular complexity index is 665. The molecule has 3 nitrogen and oxygen atoms in total. The molecule has 2 rings (SSSR count). The molecule has 1 amide bonds. The second-order valence-corrected chi connectivity index (χ2v) is 5.49. The van der Waals surface area contributed by atoms with Gasteiger partial charge in [0.05, 0.1) is 10.6 Å². The van der Waals surface area contributed by atoms with E-state index in [1.54, 1.807) is 12.1 Å². The lowest BCUT2D eigenvalue weighted by Gasteiger charge is -2.09. The van der Waals surface area contributed by atoms with E-state index < -0.39 is 6.61 Å². The van der Waals surface area contributed by atoms with Gasteiger partial charge in [-0.2, -0.15) is 8.78 Å². The van der Waals surface area contributed by atoms with E-state index in [9.17, 15) is 13.6 Å². The summed E-state index contributed by atoms with van der Waals surface area (Å²) in [6.45, 7) is -2.88. The quantitative estimate of drug-likeness (QED) is 0.783. The van der Waals surface area contributed by atoms with E-state index in [-0.39, 0.29) is 11.7 Å². The lowest BCUT2D eigenvalue weighted by atomic mass is 10.2. The van der Waals surface area contributed by atoms with Crippen molar-refractivity contribution < 1.29 is 18.3 Å². The fourth-order valence-electron chi connectivity index (χ4n) is 1.72. The number of hydrogen-bond donors (Lipinski definition) is 1. The molecule has 0 atom stereocenters. The first-order valence-corrected chi connectivity index (χ1v) is 7.79. The number of rotatable bonds is 5. The maximum Gasteiger partial charge on any atom is 0.387 e. The van der Waals surface area contributed by atoms with Crippen LogP contribution in [-0.4, -0.2) is 18.8 Å². The first kappa shape index (κ1) is 16.6. The highest BCUT2D eigenvalue weighted by Gasteiger charge is 2.12. The third-order valence-electron chi connectivity index (χ3n) is 2.76. The van der Waals surface area contributed by atoms with Crippen molar-refractivity contribution in [3.63, 3.8) is 0 Å². The highest BCUT2D eigenvalue weighted by atomic mass is 35.5. The van der Waals surface area contributed by atoms with Crippen molar-refractivity contribution in [1.29, 1.82) is 0 Å². The summed E-state index contributed by atoms with van der Waals surface area (Å²) in [7, 11) is 0. The first-order valence-electron chi connectivity index (χ1n) is 6.19. The van der Waals surface area contributed by atoms with Gasteiger partial charge in [-0.15, -0.1) is 11.8 Å². The van der Waals surface area contributed by atoms with Crippen LogP contribution in [0.5, 0.6) is 5.75 Å². The van der Waals surface area contributed by atoms with Crippen LogP contribution in [0.15, 0.2) is 47.4 Å². The molecule has 0 heterocycles. The average Bonchev–Trinajstić information content (AvgIpc) is 2.49. The Labute approximate surface area is 135 Å². The average molecular weight is 344 g/mol. The standard InChI is InChI=1S/C15H12ClF2NO2S/c1-22-11-6-7-13(16)12(8-11)14(20)19-9-2-4-10(5-3-9)21-15(17)18/h2-8,15H,1H3,(H,19,20). The molecule has 0 aliphatic carbocycles. The maximum absolute atomic E-state index is 12.2. The van der Waals surface area contributed by atoms with Gasteiger partial charge in [0.2, 0.25) is 0 Å². The van der Waals surface area contributed by atoms with Crippen LogP contribution in [0.2, 0.25) is 5.02 Å². The number of alkyl halides is 2. The van der Waals surface area contributed by atoms with Crippen LogP contribution in [0, 0.1) is 0 Å². The molecule has 0 radical (unpaired) electrons. The fraction of sp³-hybridized carbons (Fsp3) is 0.133. The van der Waals surface area contributed by atoms with Crippen molar-refractivity contribution in [2.45, 2.75) is 11.5 Å². The Morgan fingerprint density at radius 3 is 2.50 bits per heavy atom. The molecule has 2 aromatic rings. The number of anilines is 1. The zero-order valence-electron chi connectivity index (χ0n) is 11.5. The number of carbonyl (C=O) groups is 1. The van der Waals surface area contributed by atoms with Crippen molar-refractivity contribution in [3.8, 4) is 5.75 Å². The predicted octanol–water partition coefficient (Wildman–Crippen LogP) is 4.92. The Morgan fingerprint density at radius 2 is 1.91 bits per heavy atom. The van der Waals surface area contributed by atoms with Crippen molar-refractivity contribution in [1.82, 2.24) is 0 Å². The normalized spacial score (nSPS) is 10.6. The summed E-state index contributed by atoms with van der Waals surface area (Å²) in [4.78, 5) is 13.1. The molecule has 0 fully saturated rings. The Kier molecular flexibility index (Phi) is 5.63. The highest BCUT2D eigenvalue weighted by molar-refractivity contribution is 7.98. The van der Waals surface area contributed by atoms with Gasteiger partial charge in [0.15, 0.2) is 0 Å². The van der Waals surface area contributed by atoms with E-state index in [4.69, 9.17) is 11.6 Å². The smallest absolute Gasteiger partial charge is 0.387 e. The molecule has 0 saturated heterocycles. The molecular formula is C15H12ClF2NO2S. The number of nitrogens with one attached hydrogen (secondary N) is 1. The zero-order valence-corrected chi connectivity index (χ0v) is 13.0. The summed E-state index contributed by atoms with van der Waals surface area (Å²) in [6.07, 6.45) is 1.90. The van der Waals surface area contributed by atoms with Gasteiger partial charge in [-0.1, -0.05) is 11.6 Å². The topological polar surface area (TPSA) is 38.3 Å². The minimum atomic E-state index is -2.88. The van der Waals surface area contributed by atoms with Crippen LogP contribution >= 0.6 is 23.4 Å². The van der Waals surface area contributed by atoms with Gasteiger partial charge in [-0.05, 0) is 48.7 Å². The van der Waals surface area contributed by atoms with Crippen molar-refractivity contribution in [2.75, 3.05) is 11.6 Å². The van der Waals surface area contributed by atoms with Crippen LogP contribution in [0.4, 0.5) is 14.5 Å². The van der Waals surface area contributed by atoms with E-state index in [0.717, 1.165) is 4.90 Å². The van der Waals surface area contributed by atoms with Gasteiger partial charge >= 0.3 is 6.61 Å². The summed E-state index contributed by atoms with van der Waals surface area (Å²) < 4.78 is 28.4. The molecule has 7 heteroatoms. The van der Waals surface area contributed by atoms with Crippen molar-refractivity contribution in [2.24, 2.45) is 0 Å². The Balaban J connectivity index is 2.11. The summed E-state index contributed by atoms with van der Waals surface area (Å²) in [5.74, 6) is -0.348. The Morgan fingerprint density at radius 1 is 1.23 bits per heavy atom. The number of thioether (sulfide) groups is 1. The molecule has 0 bridgehead atoms. The second-order valence-electron chi connectivity index (χ2n) is 4.20. The fourth-order valence-corrected chi connectivity index (χ4v) is 2.37. The van der Waals surface area contributed by atoms with Gasteiger partial charge in [0.25, 0.3) is 5.91 Å². The van der Waals surface area contributed by atoms with Crippen molar-refractivity contribution >= 4 is 35.0 Å². The molecule has 0 aromatic heterocycles. The van der Waals surface area contributed by atoms with Crippen LogP contribution in [0.3, 0.4) is 0 Å². The summed E-state index contributed by atoms with van der Waals surface area (Å²) in [6, 6.07) is 10.8. The van der Waals surface area contributed by atoms with Crippen molar-refractivity contribution in [3.05, 3.63) is 53.1 Å². The first-order chi connectivity index (χ1) is 10.5. The van der Waals surface area contributed by atoms with Gasteiger partial charge in [-0.25, -0.2) is 0 Å². The van der Waals surface area contributed by atoms with Crippen LogP contribution in [0.1, 0.15) is 10.4 Å². The molecule has 0 aliphatic rings. The highest BCUT2D eigenvalue weighted by Crippen LogP contribution is 2.24. The lowest BCUT2D eigenvalue weighted by molar-refractivity contribution is -0.0498. The summed E-state index contributed by atoms with van der Waals surface area (Å²) >= 11 is 7.52. The number of benzene rings is 2. The molecule has 2 aromatic carbocycles. The van der Waals surface area contributed by atoms with E-state index in [2.05, 4.69) is 10.1 Å². The number of hydrogen-bond acceptors (Lipinski definition) is 3. The largest absolute Gasteiger partial charge is 0.435 e. The predicted molar refractivity (Wildman–Crippen MR) is 84.3 cm³/mol. The maximum atomic E-state index is 12.2. The Hall–Kier alpha value is -1.79. The summed E-state index contributed by atoms with van der Waals surface area (Å²) in [5.41, 5.74) is 0.804. The monoisotopic (exact) mass is 343 g/mol. The van der Waals surface area contributed by atoms with Gasteiger partial charge < -0.3 is 10.1 Å². The zero-order chi connectivity index (χ0) is 16.1. The van der Waals surface area contributed by atoms with Crippen LogP contribution in [-0.2, 0) is 0 Å². The van der Waals surface area contributed by atoms with Gasteiger partial charge in [0.1, 0.15) is 5.75 Å². The molecule has 22 heavy (non-hydrogen) atoms. The van der Waals surface area contributed by atoms with E-state index >= 15 is 0 Å².